The van der Waals surface area contributed by atoms with Crippen LogP contribution in [0.1, 0.15) is 35.4 Å². The van der Waals surface area contributed by atoms with Crippen LogP contribution in [0.2, 0.25) is 0 Å². The summed E-state index contributed by atoms with van der Waals surface area (Å²) in [4.78, 5) is 6.99. The maximum absolute atomic E-state index is 9.70. The molecule has 1 aromatic heterocycles. The van der Waals surface area contributed by atoms with E-state index >= 15 is 0 Å². The highest BCUT2D eigenvalue weighted by Gasteiger charge is 2.38. The van der Waals surface area contributed by atoms with Crippen LogP contribution in [-0.2, 0) is 0 Å². The first-order valence-electron chi connectivity index (χ1n) is 21.1. The molecule has 0 saturated carbocycles. The van der Waals surface area contributed by atoms with Crippen molar-refractivity contribution in [2.24, 2.45) is 0 Å². The Hall–Kier alpha value is -8.32. The Morgan fingerprint density at radius 1 is 0.516 bits per heavy atom. The number of aromatic nitrogens is 1. The van der Waals surface area contributed by atoms with Gasteiger partial charge in [0.2, 0.25) is 0 Å². The SMILES string of the molecule is N#Cc1ccc(N(c2ccc(N(c3ccc(C#N)cc3)c3ccc4c(c3)c3ccccc3n4C3=CC=CCC3)cc2)c2ccc3c(c2)C2C=CC=CC2N3c2ccccc2)cc1. The molecule has 0 saturated heterocycles. The minimum atomic E-state index is 0.181. The summed E-state index contributed by atoms with van der Waals surface area (Å²) < 4.78 is 2.41. The van der Waals surface area contributed by atoms with Crippen LogP contribution in [-0.4, -0.2) is 10.6 Å². The Balaban J connectivity index is 1.03. The molecule has 1 aliphatic heterocycles. The third-order valence-electron chi connectivity index (χ3n) is 12.4. The number of benzene rings is 7. The number of allylic oxidation sites excluding steroid dienone is 6. The van der Waals surface area contributed by atoms with Crippen LogP contribution in [0.5, 0.6) is 0 Å². The average molecular weight is 797 g/mol. The zero-order valence-corrected chi connectivity index (χ0v) is 33.9. The fourth-order valence-electron chi connectivity index (χ4n) is 9.56. The molecule has 0 fully saturated rings. The highest BCUT2D eigenvalue weighted by atomic mass is 15.2. The van der Waals surface area contributed by atoms with Gasteiger partial charge in [-0.2, -0.15) is 10.5 Å². The van der Waals surface area contributed by atoms with E-state index in [2.05, 4.69) is 189 Å². The molecule has 62 heavy (non-hydrogen) atoms. The molecule has 2 heterocycles. The summed E-state index contributed by atoms with van der Waals surface area (Å²) in [5.41, 5.74) is 14.5. The van der Waals surface area contributed by atoms with E-state index in [0.29, 0.717) is 11.1 Å². The third-order valence-corrected chi connectivity index (χ3v) is 12.4. The van der Waals surface area contributed by atoms with Crippen LogP contribution in [0.25, 0.3) is 27.5 Å². The fraction of sp³-hybridized carbons (Fsp3) is 0.0714. The lowest BCUT2D eigenvalue weighted by atomic mass is 9.91. The van der Waals surface area contributed by atoms with Crippen molar-refractivity contribution < 1.29 is 0 Å². The van der Waals surface area contributed by atoms with Crippen LogP contribution in [0.15, 0.2) is 206 Å². The van der Waals surface area contributed by atoms with Crippen LogP contribution in [0, 0.1) is 22.7 Å². The van der Waals surface area contributed by atoms with Crippen LogP contribution >= 0.6 is 0 Å². The van der Waals surface area contributed by atoms with Gasteiger partial charge >= 0.3 is 0 Å². The molecule has 0 spiro atoms. The van der Waals surface area contributed by atoms with E-state index in [9.17, 15) is 10.5 Å². The van der Waals surface area contributed by atoms with Crippen molar-refractivity contribution in [2.75, 3.05) is 14.7 Å². The van der Waals surface area contributed by atoms with Gasteiger partial charge in [0.05, 0.1) is 40.3 Å². The first-order chi connectivity index (χ1) is 30.7. The van der Waals surface area contributed by atoms with Gasteiger partial charge in [-0.3, -0.25) is 0 Å². The predicted octanol–water partition coefficient (Wildman–Crippen LogP) is 14.4. The lowest BCUT2D eigenvalue weighted by Gasteiger charge is -2.29. The maximum atomic E-state index is 9.70. The molecule has 0 amide bonds. The number of nitriles is 2. The van der Waals surface area contributed by atoms with Gasteiger partial charge in [0.1, 0.15) is 0 Å². The van der Waals surface area contributed by atoms with Crippen molar-refractivity contribution in [3.63, 3.8) is 0 Å². The van der Waals surface area contributed by atoms with Crippen molar-refractivity contribution in [1.29, 1.82) is 10.5 Å². The number of nitrogens with zero attached hydrogens (tertiary/aromatic N) is 6. The van der Waals surface area contributed by atoms with Gasteiger partial charge in [-0.25, -0.2) is 0 Å². The molecule has 294 valence electrons. The quantitative estimate of drug-likeness (QED) is 0.153. The molecule has 11 rings (SSSR count). The summed E-state index contributed by atoms with van der Waals surface area (Å²) in [6.45, 7) is 0. The van der Waals surface area contributed by atoms with E-state index in [0.717, 1.165) is 47.0 Å². The van der Waals surface area contributed by atoms with Gasteiger partial charge in [0, 0.05) is 67.9 Å². The zero-order valence-electron chi connectivity index (χ0n) is 33.9. The van der Waals surface area contributed by atoms with E-state index in [4.69, 9.17) is 0 Å². The lowest BCUT2D eigenvalue weighted by Crippen LogP contribution is -2.28. The number of rotatable bonds is 8. The van der Waals surface area contributed by atoms with Crippen molar-refractivity contribution >= 4 is 73.0 Å². The van der Waals surface area contributed by atoms with Gasteiger partial charge < -0.3 is 19.3 Å². The van der Waals surface area contributed by atoms with E-state index in [1.165, 1.54) is 44.4 Å². The molecule has 6 nitrogen and oxygen atoms in total. The van der Waals surface area contributed by atoms with Crippen LogP contribution in [0.3, 0.4) is 0 Å². The highest BCUT2D eigenvalue weighted by Crippen LogP contribution is 2.50. The normalized spacial score (nSPS) is 16.1. The van der Waals surface area contributed by atoms with Gasteiger partial charge in [0.15, 0.2) is 0 Å². The number of para-hydroxylation sites is 2. The molecule has 0 N–H and O–H groups in total. The lowest BCUT2D eigenvalue weighted by molar-refractivity contribution is 0.745. The minimum Gasteiger partial charge on any atom is -0.333 e. The summed E-state index contributed by atoms with van der Waals surface area (Å²) in [5, 5.41) is 21.8. The molecule has 7 aromatic carbocycles. The van der Waals surface area contributed by atoms with Gasteiger partial charge in [-0.1, -0.05) is 72.9 Å². The summed E-state index contributed by atoms with van der Waals surface area (Å²) >= 11 is 0. The molecular formula is C56H40N6. The van der Waals surface area contributed by atoms with E-state index < -0.39 is 0 Å². The fourth-order valence-corrected chi connectivity index (χ4v) is 9.56. The molecular weight excluding hydrogens is 757 g/mol. The van der Waals surface area contributed by atoms with Crippen molar-refractivity contribution in [2.45, 2.75) is 24.8 Å². The topological polar surface area (TPSA) is 62.2 Å². The van der Waals surface area contributed by atoms with E-state index in [1.807, 2.05) is 48.5 Å². The molecule has 2 atom stereocenters. The minimum absolute atomic E-state index is 0.181. The number of fused-ring (bicyclic) bond motifs is 6. The highest BCUT2D eigenvalue weighted by molar-refractivity contribution is 6.11. The monoisotopic (exact) mass is 796 g/mol. The summed E-state index contributed by atoms with van der Waals surface area (Å²) in [6.07, 6.45) is 17.6. The van der Waals surface area contributed by atoms with Crippen molar-refractivity contribution in [3.05, 3.63) is 223 Å². The predicted molar refractivity (Wildman–Crippen MR) is 254 cm³/mol. The molecule has 0 bridgehead atoms. The van der Waals surface area contributed by atoms with Gasteiger partial charge in [-0.15, -0.1) is 0 Å². The molecule has 2 unspecified atom stereocenters. The van der Waals surface area contributed by atoms with E-state index in [-0.39, 0.29) is 12.0 Å². The number of hydrogen-bond donors (Lipinski definition) is 0. The van der Waals surface area contributed by atoms with Crippen LogP contribution in [0.4, 0.5) is 45.5 Å². The summed E-state index contributed by atoms with van der Waals surface area (Å²) in [5.74, 6) is 0.198. The second kappa shape index (κ2) is 15.4. The standard InChI is InChI=1S/C56H40N6/c57-37-39-19-23-43(24-20-39)59(47-31-33-55-51(35-47)49-15-7-9-17-53(49)61(55)41-11-3-1-4-12-41)45-27-29-46(30-28-45)60(44-25-21-40(38-58)22-26-44)48-32-34-56-52(36-48)50-16-8-10-18-54(50)62(56)42-13-5-2-6-14-42/h1-5,7-13,15-36,49,53H,6,14H2. The Morgan fingerprint density at radius 2 is 1.08 bits per heavy atom. The second-order valence-corrected chi connectivity index (χ2v) is 15.9. The Labute approximate surface area is 361 Å². The van der Waals surface area contributed by atoms with Crippen LogP contribution < -0.4 is 14.7 Å². The number of anilines is 8. The first kappa shape index (κ1) is 36.7. The molecule has 6 heteroatoms. The molecule has 3 aliphatic rings. The van der Waals surface area contributed by atoms with E-state index in [1.54, 1.807) is 0 Å². The smallest absolute Gasteiger partial charge is 0.0991 e. The summed E-state index contributed by atoms with van der Waals surface area (Å²) in [7, 11) is 0. The summed E-state index contributed by atoms with van der Waals surface area (Å²) in [6, 6.07) is 61.9. The zero-order chi connectivity index (χ0) is 41.6. The van der Waals surface area contributed by atoms with Gasteiger partial charge in [-0.05, 0) is 152 Å². The largest absolute Gasteiger partial charge is 0.333 e. The Morgan fingerprint density at radius 3 is 1.73 bits per heavy atom. The van der Waals surface area contributed by atoms with Gasteiger partial charge in [0.25, 0.3) is 0 Å². The molecule has 2 aliphatic carbocycles. The first-order valence-corrected chi connectivity index (χ1v) is 21.1. The second-order valence-electron chi connectivity index (χ2n) is 15.9. The Kier molecular flexibility index (Phi) is 9.11. The average Bonchev–Trinajstić information content (AvgIpc) is 3.85. The Bertz CT molecular complexity index is 3210. The van der Waals surface area contributed by atoms with Crippen molar-refractivity contribution in [3.8, 4) is 12.1 Å². The van der Waals surface area contributed by atoms with Crippen molar-refractivity contribution in [1.82, 2.24) is 4.57 Å². The molecule has 0 radical (unpaired) electrons. The third kappa shape index (κ3) is 6.25. The maximum Gasteiger partial charge on any atom is 0.0991 e. The number of hydrogen-bond acceptors (Lipinski definition) is 5. The molecule has 8 aromatic rings.